The number of methoxy groups -OCH3 is 4. The van der Waals surface area contributed by atoms with Gasteiger partial charge in [-0.25, -0.2) is 0 Å². The average molecular weight is 451 g/mol. The van der Waals surface area contributed by atoms with Gasteiger partial charge in [-0.1, -0.05) is 0 Å². The Morgan fingerprint density at radius 3 is 1.40 bits per heavy atom. The summed E-state index contributed by atoms with van der Waals surface area (Å²) in [5.41, 5.74) is 0.0378. The number of hydrogen-bond donors (Lipinski definition) is 2. The normalized spacial score (nSPS) is 11.1. The zero-order valence-electron chi connectivity index (χ0n) is 16.9. The first kappa shape index (κ1) is 23.9. The van der Waals surface area contributed by atoms with E-state index < -0.39 is 17.6 Å². The third-order valence-corrected chi connectivity index (χ3v) is 5.86. The minimum absolute atomic E-state index is 0.0189. The molecular weight excluding hydrogens is 428 g/mol. The Kier molecular flexibility index (Phi) is 9.30. The van der Waals surface area contributed by atoms with E-state index in [0.29, 0.717) is 11.5 Å². The Morgan fingerprint density at radius 2 is 1.10 bits per heavy atom. The summed E-state index contributed by atoms with van der Waals surface area (Å²) in [6.45, 7) is 0. The molecule has 11 heteroatoms. The van der Waals surface area contributed by atoms with Crippen molar-refractivity contribution in [2.24, 2.45) is 0 Å². The second kappa shape index (κ2) is 11.7. The molecule has 2 rings (SSSR count). The monoisotopic (exact) mass is 450 g/mol. The van der Waals surface area contributed by atoms with E-state index in [0.717, 1.165) is 0 Å². The van der Waals surface area contributed by atoms with E-state index in [9.17, 15) is 15.0 Å². The van der Waals surface area contributed by atoms with Crippen molar-refractivity contribution in [3.63, 3.8) is 0 Å². The van der Waals surface area contributed by atoms with Crippen LogP contribution in [0.3, 0.4) is 0 Å². The molecule has 0 aromatic heterocycles. The molecule has 9 nitrogen and oxygen atoms in total. The van der Waals surface area contributed by atoms with Crippen molar-refractivity contribution in [2.75, 3.05) is 28.4 Å². The summed E-state index contributed by atoms with van der Waals surface area (Å²) in [5, 5.41) is 20.5. The molecule has 2 aromatic carbocycles. The Balaban J connectivity index is 2.10. The Bertz CT molecular complexity index is 771. The van der Waals surface area contributed by atoms with E-state index in [-0.39, 0.29) is 42.2 Å². The topological polar surface area (TPSA) is 113 Å². The molecule has 2 aromatic rings. The summed E-state index contributed by atoms with van der Waals surface area (Å²) < 4.78 is 31.1. The lowest BCUT2D eigenvalue weighted by Crippen LogP contribution is -2.26. The van der Waals surface area contributed by atoms with Crippen molar-refractivity contribution in [2.45, 2.75) is 11.8 Å². The fraction of sp³-hybridized carbons (Fsp3) is 0.316. The van der Waals surface area contributed by atoms with Gasteiger partial charge >= 0.3 is 19.5 Å². The molecule has 0 amide bonds. The van der Waals surface area contributed by atoms with Crippen molar-refractivity contribution in [1.82, 2.24) is 0 Å². The number of carbonyl (C=O) groups excluding carboxylic acids is 1. The van der Waals surface area contributed by atoms with E-state index in [1.54, 1.807) is 0 Å². The van der Waals surface area contributed by atoms with Gasteiger partial charge in [-0.05, 0) is 24.3 Å². The van der Waals surface area contributed by atoms with Gasteiger partial charge in [-0.3, -0.25) is 4.79 Å². The molecule has 0 atom stereocenters. The highest BCUT2D eigenvalue weighted by Crippen LogP contribution is 2.30. The number of ketones is 1. The summed E-state index contributed by atoms with van der Waals surface area (Å²) >= 11 is 0. The average Bonchev–Trinajstić information content (AvgIpc) is 2.75. The van der Waals surface area contributed by atoms with Gasteiger partial charge in [-0.15, -0.1) is 0 Å². The van der Waals surface area contributed by atoms with Crippen molar-refractivity contribution >= 4 is 25.3 Å². The summed E-state index contributed by atoms with van der Waals surface area (Å²) in [6.07, 6.45) is 0. The number of benzene rings is 2. The first-order chi connectivity index (χ1) is 14.4. The third-order valence-electron chi connectivity index (χ3n) is 3.83. The summed E-state index contributed by atoms with van der Waals surface area (Å²) in [7, 11) is 5.63. The summed E-state index contributed by atoms with van der Waals surface area (Å²) in [4.78, 5) is 12.7. The van der Waals surface area contributed by atoms with E-state index in [1.165, 1.54) is 64.8 Å². The van der Waals surface area contributed by atoms with Crippen LogP contribution < -0.4 is 8.85 Å². The van der Waals surface area contributed by atoms with Crippen LogP contribution in [0.15, 0.2) is 36.4 Å². The molecule has 160 valence electrons. The number of hydrogen-bond acceptors (Lipinski definition) is 9. The fourth-order valence-electron chi connectivity index (χ4n) is 2.30. The van der Waals surface area contributed by atoms with E-state index in [1.807, 2.05) is 0 Å². The highest BCUT2D eigenvalue weighted by molar-refractivity contribution is 6.29. The van der Waals surface area contributed by atoms with Crippen LogP contribution in [0.1, 0.15) is 15.9 Å². The van der Waals surface area contributed by atoms with Crippen LogP contribution in [0, 0.1) is 0 Å². The van der Waals surface area contributed by atoms with Gasteiger partial charge < -0.3 is 38.0 Å². The molecule has 0 saturated heterocycles. The smallest absolute Gasteiger partial charge is 0.376 e. The van der Waals surface area contributed by atoms with Crippen LogP contribution in [0.5, 0.6) is 23.0 Å². The second-order valence-electron chi connectivity index (χ2n) is 5.73. The van der Waals surface area contributed by atoms with E-state index >= 15 is 0 Å². The molecule has 30 heavy (non-hydrogen) atoms. The number of aromatic hydroxyl groups is 2. The van der Waals surface area contributed by atoms with Gasteiger partial charge in [0.2, 0.25) is 0 Å². The molecule has 0 heterocycles. The zero-order chi connectivity index (χ0) is 22.1. The summed E-state index contributed by atoms with van der Waals surface area (Å²) in [6, 6.07) is 8.53. The first-order valence-corrected chi connectivity index (χ1v) is 10.6. The number of phenols is 2. The lowest BCUT2D eigenvalue weighted by Gasteiger charge is -2.14. The zero-order valence-corrected chi connectivity index (χ0v) is 18.9. The highest BCUT2D eigenvalue weighted by atomic mass is 28.2. The van der Waals surface area contributed by atoms with Crippen LogP contribution in [-0.4, -0.2) is 75.8 Å². The fourth-order valence-corrected chi connectivity index (χ4v) is 3.40. The molecular formula is C19H22O9Si2. The van der Waals surface area contributed by atoms with E-state index in [2.05, 4.69) is 0 Å². The molecule has 0 saturated carbocycles. The Labute approximate surface area is 179 Å². The molecule has 4 radical (unpaired) electrons. The SMILES string of the molecule is COC(OC)[Si]Oc1ccc(C(=O)c2ccc(O[Si]C(OC)OC)cc2O)c(O)c1. The quantitative estimate of drug-likeness (QED) is 0.282. The Morgan fingerprint density at radius 1 is 0.733 bits per heavy atom. The number of phenolic OH excluding ortho intramolecular Hbond substituents is 2. The molecule has 0 bridgehead atoms. The van der Waals surface area contributed by atoms with E-state index in [4.69, 9.17) is 27.8 Å². The van der Waals surface area contributed by atoms with Crippen LogP contribution in [0.25, 0.3) is 0 Å². The maximum absolute atomic E-state index is 12.7. The van der Waals surface area contributed by atoms with Gasteiger partial charge in [0.15, 0.2) is 17.6 Å². The van der Waals surface area contributed by atoms with Crippen LogP contribution in [0.4, 0.5) is 0 Å². The standard InChI is InChI=1S/C19H22O9Si2/c1-23-18(24-2)29-27-11-5-7-13(15(20)9-11)17(22)14-8-6-12(10-16(14)21)28-30-19(25-3)26-4/h5-10,18-21H,1-4H3. The molecule has 0 aliphatic heterocycles. The molecule has 0 aliphatic rings. The molecule has 0 unspecified atom stereocenters. The lowest BCUT2D eigenvalue weighted by atomic mass is 10.0. The maximum Gasteiger partial charge on any atom is 0.376 e. The largest absolute Gasteiger partial charge is 0.535 e. The van der Waals surface area contributed by atoms with Gasteiger partial charge in [0.05, 0.1) is 11.1 Å². The first-order valence-electron chi connectivity index (χ1n) is 8.60. The molecule has 0 fully saturated rings. The van der Waals surface area contributed by atoms with Crippen molar-refractivity contribution < 1.29 is 42.8 Å². The lowest BCUT2D eigenvalue weighted by molar-refractivity contribution is -0.0493. The van der Waals surface area contributed by atoms with Crippen LogP contribution in [0.2, 0.25) is 0 Å². The van der Waals surface area contributed by atoms with Gasteiger partial charge in [0, 0.05) is 40.6 Å². The number of carbonyl (C=O) groups is 1. The maximum atomic E-state index is 12.7. The van der Waals surface area contributed by atoms with Crippen LogP contribution >= 0.6 is 0 Å². The van der Waals surface area contributed by atoms with Crippen molar-refractivity contribution in [3.8, 4) is 23.0 Å². The minimum atomic E-state index is -0.550. The second-order valence-corrected chi connectivity index (χ2v) is 7.56. The number of ether oxygens (including phenoxy) is 4. The van der Waals surface area contributed by atoms with Gasteiger partial charge in [0.1, 0.15) is 23.0 Å². The third kappa shape index (κ3) is 6.29. The van der Waals surface area contributed by atoms with Gasteiger partial charge in [0.25, 0.3) is 0 Å². The van der Waals surface area contributed by atoms with Crippen molar-refractivity contribution in [3.05, 3.63) is 47.5 Å². The molecule has 0 aliphatic carbocycles. The van der Waals surface area contributed by atoms with Crippen molar-refractivity contribution in [1.29, 1.82) is 0 Å². The predicted molar refractivity (Wildman–Crippen MR) is 108 cm³/mol. The summed E-state index contributed by atoms with van der Waals surface area (Å²) in [5.74, 6) is -1.48. The molecule has 0 spiro atoms. The van der Waals surface area contributed by atoms with Gasteiger partial charge in [-0.2, -0.15) is 0 Å². The van der Waals surface area contributed by atoms with Crippen LogP contribution in [-0.2, 0) is 18.9 Å². The minimum Gasteiger partial charge on any atom is -0.535 e. The number of rotatable bonds is 12. The molecule has 2 N–H and O–H groups in total. The highest BCUT2D eigenvalue weighted by Gasteiger charge is 2.19. The predicted octanol–water partition coefficient (Wildman–Crippen LogP) is 1.48. The Hall–Kier alpha value is -2.42.